The highest BCUT2D eigenvalue weighted by Gasteiger charge is 2.25. The van der Waals surface area contributed by atoms with Crippen LogP contribution in [-0.4, -0.2) is 28.7 Å². The molecule has 0 saturated carbocycles. The van der Waals surface area contributed by atoms with Crippen molar-refractivity contribution >= 4 is 23.0 Å². The number of carbonyl (C=O) groups excluding carboxylic acids is 1. The fourth-order valence-corrected chi connectivity index (χ4v) is 2.40. The highest BCUT2D eigenvalue weighted by atomic mass is 16.5. The molecule has 1 unspecified atom stereocenters. The van der Waals surface area contributed by atoms with Crippen molar-refractivity contribution in [3.63, 3.8) is 0 Å². The molecule has 5 heteroatoms. The second-order valence-corrected chi connectivity index (χ2v) is 4.92. The third-order valence-corrected chi connectivity index (χ3v) is 3.35. The van der Waals surface area contributed by atoms with Crippen molar-refractivity contribution in [2.75, 3.05) is 18.5 Å². The third kappa shape index (κ3) is 3.17. The second-order valence-electron chi connectivity index (χ2n) is 4.92. The number of fused-ring (bicyclic) bond motifs is 1. The van der Waals surface area contributed by atoms with Crippen LogP contribution in [0.25, 0.3) is 11.0 Å². The van der Waals surface area contributed by atoms with Crippen LogP contribution in [0.15, 0.2) is 24.3 Å². The number of imidazole rings is 1. The average Bonchev–Trinajstić information content (AvgIpc) is 2.85. The first kappa shape index (κ1) is 15.4. The van der Waals surface area contributed by atoms with E-state index in [0.717, 1.165) is 29.9 Å². The Morgan fingerprint density at radius 1 is 1.33 bits per heavy atom. The Balaban J connectivity index is 2.45. The lowest BCUT2D eigenvalue weighted by molar-refractivity contribution is -0.147. The van der Waals surface area contributed by atoms with E-state index in [1.807, 2.05) is 49.6 Å². The number of aromatic nitrogens is 2. The molecular weight excluding hydrogens is 266 g/mol. The van der Waals surface area contributed by atoms with Gasteiger partial charge >= 0.3 is 5.97 Å². The normalized spacial score (nSPS) is 12.3. The predicted octanol–water partition coefficient (Wildman–Crippen LogP) is 3.37. The Morgan fingerprint density at radius 2 is 2.10 bits per heavy atom. The number of nitrogens with zero attached hydrogens (tertiary/aromatic N) is 2. The van der Waals surface area contributed by atoms with Gasteiger partial charge in [0.05, 0.1) is 17.6 Å². The summed E-state index contributed by atoms with van der Waals surface area (Å²) in [5, 5.41) is 3.24. The molecule has 2 aromatic rings. The molecule has 0 aliphatic rings. The lowest BCUT2D eigenvalue weighted by Gasteiger charge is -2.19. The van der Waals surface area contributed by atoms with E-state index in [-0.39, 0.29) is 12.0 Å². The molecule has 1 aromatic heterocycles. The van der Waals surface area contributed by atoms with Crippen LogP contribution in [0.5, 0.6) is 0 Å². The summed E-state index contributed by atoms with van der Waals surface area (Å²) in [6, 6.07) is 7.50. The maximum atomic E-state index is 12.3. The van der Waals surface area contributed by atoms with Gasteiger partial charge in [0.1, 0.15) is 6.04 Å². The zero-order chi connectivity index (χ0) is 15.2. The smallest absolute Gasteiger partial charge is 0.329 e. The third-order valence-electron chi connectivity index (χ3n) is 3.35. The van der Waals surface area contributed by atoms with Gasteiger partial charge in [-0.25, -0.2) is 9.78 Å². The molecule has 0 spiro atoms. The lowest BCUT2D eigenvalue weighted by atomic mass is 10.2. The molecule has 0 amide bonds. The number of ether oxygens (including phenoxy) is 1. The largest absolute Gasteiger partial charge is 0.464 e. The maximum Gasteiger partial charge on any atom is 0.329 e. The van der Waals surface area contributed by atoms with E-state index < -0.39 is 0 Å². The summed E-state index contributed by atoms with van der Waals surface area (Å²) in [5.41, 5.74) is 1.84. The number of nitrogens with one attached hydrogen (secondary N) is 1. The molecule has 114 valence electrons. The Hall–Kier alpha value is -2.04. The lowest BCUT2D eigenvalue weighted by Crippen LogP contribution is -2.23. The molecule has 0 saturated heterocycles. The standard InChI is InChI=1S/C16H23N3O2/c1-4-11-21-15(20)13(5-2)19-14-10-8-7-9-12(14)18-16(19)17-6-3/h7-10,13H,4-6,11H2,1-3H3,(H,17,18). The van der Waals surface area contributed by atoms with Crippen molar-refractivity contribution in [2.45, 2.75) is 39.7 Å². The number of carbonyl (C=O) groups is 1. The van der Waals surface area contributed by atoms with Gasteiger partial charge in [-0.05, 0) is 31.9 Å². The van der Waals surface area contributed by atoms with Gasteiger partial charge < -0.3 is 10.1 Å². The molecule has 1 N–H and O–H groups in total. The molecule has 0 fully saturated rings. The van der Waals surface area contributed by atoms with Gasteiger partial charge in [0.2, 0.25) is 5.95 Å². The van der Waals surface area contributed by atoms with Crippen molar-refractivity contribution in [3.8, 4) is 0 Å². The Bertz CT molecular complexity index is 607. The summed E-state index contributed by atoms with van der Waals surface area (Å²) in [5.74, 6) is 0.528. The summed E-state index contributed by atoms with van der Waals surface area (Å²) in [4.78, 5) is 16.9. The highest BCUT2D eigenvalue weighted by Crippen LogP contribution is 2.27. The van der Waals surface area contributed by atoms with Gasteiger partial charge in [-0.2, -0.15) is 0 Å². The van der Waals surface area contributed by atoms with E-state index in [0.29, 0.717) is 13.0 Å². The first-order chi connectivity index (χ1) is 10.2. The average molecular weight is 289 g/mol. The maximum absolute atomic E-state index is 12.3. The van der Waals surface area contributed by atoms with E-state index in [1.54, 1.807) is 0 Å². The quantitative estimate of drug-likeness (QED) is 0.794. The van der Waals surface area contributed by atoms with Crippen molar-refractivity contribution in [3.05, 3.63) is 24.3 Å². The van der Waals surface area contributed by atoms with Crippen LogP contribution < -0.4 is 5.32 Å². The molecular formula is C16H23N3O2. The van der Waals surface area contributed by atoms with Crippen LogP contribution in [0, 0.1) is 0 Å². The predicted molar refractivity (Wildman–Crippen MR) is 84.5 cm³/mol. The number of para-hydroxylation sites is 2. The van der Waals surface area contributed by atoms with Crippen molar-refractivity contribution < 1.29 is 9.53 Å². The molecule has 2 rings (SSSR count). The molecule has 0 bridgehead atoms. The number of anilines is 1. The summed E-state index contributed by atoms with van der Waals surface area (Å²) in [6.45, 7) is 7.20. The second kappa shape index (κ2) is 7.11. The summed E-state index contributed by atoms with van der Waals surface area (Å²) < 4.78 is 7.29. The van der Waals surface area contributed by atoms with Crippen LogP contribution in [0.4, 0.5) is 5.95 Å². The van der Waals surface area contributed by atoms with Crippen LogP contribution in [0.2, 0.25) is 0 Å². The molecule has 1 aromatic carbocycles. The number of benzene rings is 1. The fraction of sp³-hybridized carbons (Fsp3) is 0.500. The van der Waals surface area contributed by atoms with E-state index in [2.05, 4.69) is 10.3 Å². The molecule has 1 atom stereocenters. The Labute approximate surface area is 125 Å². The summed E-state index contributed by atoms with van der Waals surface area (Å²) in [6.07, 6.45) is 1.49. The van der Waals surface area contributed by atoms with E-state index in [4.69, 9.17) is 4.74 Å². The minimum absolute atomic E-state index is 0.193. The highest BCUT2D eigenvalue weighted by molar-refractivity contribution is 5.83. The van der Waals surface area contributed by atoms with Gasteiger partial charge in [0.25, 0.3) is 0 Å². The first-order valence-corrected chi connectivity index (χ1v) is 7.60. The number of hydrogen-bond donors (Lipinski definition) is 1. The van der Waals surface area contributed by atoms with Gasteiger partial charge in [-0.3, -0.25) is 4.57 Å². The number of esters is 1. The van der Waals surface area contributed by atoms with Crippen LogP contribution in [0.3, 0.4) is 0 Å². The van der Waals surface area contributed by atoms with Crippen molar-refractivity contribution in [2.24, 2.45) is 0 Å². The van der Waals surface area contributed by atoms with Gasteiger partial charge in [0, 0.05) is 6.54 Å². The molecule has 5 nitrogen and oxygen atoms in total. The van der Waals surface area contributed by atoms with Crippen LogP contribution >= 0.6 is 0 Å². The SMILES string of the molecule is CCCOC(=O)C(CC)n1c(NCC)nc2ccccc21. The van der Waals surface area contributed by atoms with Crippen molar-refractivity contribution in [1.82, 2.24) is 9.55 Å². The van der Waals surface area contributed by atoms with Gasteiger partial charge in [0.15, 0.2) is 0 Å². The topological polar surface area (TPSA) is 56.1 Å². The monoisotopic (exact) mass is 289 g/mol. The molecule has 1 heterocycles. The molecule has 21 heavy (non-hydrogen) atoms. The molecule has 0 aliphatic heterocycles. The van der Waals surface area contributed by atoms with E-state index in [9.17, 15) is 4.79 Å². The fourth-order valence-electron chi connectivity index (χ4n) is 2.40. The number of hydrogen-bond acceptors (Lipinski definition) is 4. The molecule has 0 radical (unpaired) electrons. The zero-order valence-electron chi connectivity index (χ0n) is 12.9. The Kier molecular flexibility index (Phi) is 5.20. The zero-order valence-corrected chi connectivity index (χ0v) is 12.9. The van der Waals surface area contributed by atoms with E-state index in [1.165, 1.54) is 0 Å². The summed E-state index contributed by atoms with van der Waals surface area (Å²) >= 11 is 0. The minimum Gasteiger partial charge on any atom is -0.464 e. The number of rotatable bonds is 7. The van der Waals surface area contributed by atoms with Gasteiger partial charge in [-0.1, -0.05) is 26.0 Å². The Morgan fingerprint density at radius 3 is 2.76 bits per heavy atom. The summed E-state index contributed by atoms with van der Waals surface area (Å²) in [7, 11) is 0. The van der Waals surface area contributed by atoms with E-state index >= 15 is 0 Å². The van der Waals surface area contributed by atoms with Crippen LogP contribution in [-0.2, 0) is 9.53 Å². The minimum atomic E-state index is -0.349. The van der Waals surface area contributed by atoms with Crippen LogP contribution in [0.1, 0.15) is 39.7 Å². The molecule has 0 aliphatic carbocycles. The van der Waals surface area contributed by atoms with Crippen molar-refractivity contribution in [1.29, 1.82) is 0 Å². The van der Waals surface area contributed by atoms with Gasteiger partial charge in [-0.15, -0.1) is 0 Å². The first-order valence-electron chi connectivity index (χ1n) is 7.60.